The lowest BCUT2D eigenvalue weighted by Crippen LogP contribution is -2.35. The molecule has 0 saturated carbocycles. The third-order valence-electron chi connectivity index (χ3n) is 3.40. The SMILES string of the molecule is CCN(CC)CCN(N=O)C(=O)c1cc(Cl)c(N)cc1OC. The van der Waals surface area contributed by atoms with Crippen LogP contribution in [0.3, 0.4) is 0 Å². The van der Waals surface area contributed by atoms with Crippen LogP contribution in [0.4, 0.5) is 5.69 Å². The lowest BCUT2D eigenvalue weighted by molar-refractivity contribution is 0.0736. The Bertz CT molecular complexity index is 535. The van der Waals surface area contributed by atoms with Crippen LogP contribution < -0.4 is 10.5 Å². The minimum Gasteiger partial charge on any atom is -0.496 e. The van der Waals surface area contributed by atoms with Crippen molar-refractivity contribution in [3.8, 4) is 5.75 Å². The van der Waals surface area contributed by atoms with E-state index in [1.807, 2.05) is 13.8 Å². The normalized spacial score (nSPS) is 10.6. The lowest BCUT2D eigenvalue weighted by Gasteiger charge is -2.21. The van der Waals surface area contributed by atoms with Gasteiger partial charge >= 0.3 is 0 Å². The fraction of sp³-hybridized carbons (Fsp3) is 0.500. The molecule has 0 aliphatic carbocycles. The molecule has 2 N–H and O–H groups in total. The molecule has 8 heteroatoms. The van der Waals surface area contributed by atoms with Crippen LogP contribution >= 0.6 is 11.6 Å². The number of nitrogens with two attached hydrogens (primary N) is 1. The van der Waals surface area contributed by atoms with E-state index in [-0.39, 0.29) is 22.9 Å². The number of carbonyl (C=O) groups is 1. The molecular formula is C14H21ClN4O3. The quantitative estimate of drug-likeness (QED) is 0.449. The van der Waals surface area contributed by atoms with E-state index in [9.17, 15) is 9.70 Å². The Morgan fingerprint density at radius 2 is 1.95 bits per heavy atom. The number of nitroso groups, excluding NO2 is 1. The Balaban J connectivity index is 2.96. The van der Waals surface area contributed by atoms with Gasteiger partial charge in [0, 0.05) is 12.6 Å². The van der Waals surface area contributed by atoms with Crippen molar-refractivity contribution in [3.05, 3.63) is 27.6 Å². The maximum absolute atomic E-state index is 12.4. The lowest BCUT2D eigenvalue weighted by atomic mass is 10.1. The van der Waals surface area contributed by atoms with Crippen LogP contribution in [0.2, 0.25) is 5.02 Å². The van der Waals surface area contributed by atoms with E-state index in [0.717, 1.165) is 18.1 Å². The van der Waals surface area contributed by atoms with Gasteiger partial charge in [-0.25, -0.2) is 0 Å². The van der Waals surface area contributed by atoms with Gasteiger partial charge in [0.05, 0.1) is 35.2 Å². The molecule has 1 rings (SSSR count). The number of hydrogen-bond acceptors (Lipinski definition) is 6. The summed E-state index contributed by atoms with van der Waals surface area (Å²) >= 11 is 5.94. The van der Waals surface area contributed by atoms with Crippen LogP contribution in [-0.2, 0) is 0 Å². The van der Waals surface area contributed by atoms with E-state index in [1.54, 1.807) is 0 Å². The first-order valence-corrected chi connectivity index (χ1v) is 7.36. The average molecular weight is 329 g/mol. The first kappa shape index (κ1) is 18.2. The van der Waals surface area contributed by atoms with Crippen LogP contribution in [0, 0.1) is 4.91 Å². The van der Waals surface area contributed by atoms with Gasteiger partial charge < -0.3 is 15.4 Å². The van der Waals surface area contributed by atoms with E-state index >= 15 is 0 Å². The molecule has 0 aromatic heterocycles. The van der Waals surface area contributed by atoms with Gasteiger partial charge in [0.15, 0.2) is 0 Å². The van der Waals surface area contributed by atoms with E-state index in [4.69, 9.17) is 22.1 Å². The Morgan fingerprint density at radius 3 is 2.45 bits per heavy atom. The maximum atomic E-state index is 12.4. The van der Waals surface area contributed by atoms with Crippen molar-refractivity contribution < 1.29 is 9.53 Å². The number of likely N-dealkylation sites (N-methyl/N-ethyl adjacent to an activating group) is 1. The molecule has 0 aliphatic rings. The first-order valence-electron chi connectivity index (χ1n) is 6.98. The fourth-order valence-electron chi connectivity index (χ4n) is 2.00. The second-order valence-electron chi connectivity index (χ2n) is 4.61. The Kier molecular flexibility index (Phi) is 7.07. The number of nitrogen functional groups attached to an aromatic ring is 1. The number of nitrogens with zero attached hydrogens (tertiary/aromatic N) is 3. The minimum atomic E-state index is -0.569. The third kappa shape index (κ3) is 4.32. The van der Waals surface area contributed by atoms with E-state index in [2.05, 4.69) is 10.2 Å². The van der Waals surface area contributed by atoms with Gasteiger partial charge in [0.1, 0.15) is 5.75 Å². The van der Waals surface area contributed by atoms with Gasteiger partial charge in [0.25, 0.3) is 5.91 Å². The van der Waals surface area contributed by atoms with E-state index in [0.29, 0.717) is 12.2 Å². The maximum Gasteiger partial charge on any atom is 0.280 e. The predicted molar refractivity (Wildman–Crippen MR) is 87.0 cm³/mol. The summed E-state index contributed by atoms with van der Waals surface area (Å²) in [6.07, 6.45) is 0. The molecule has 0 unspecified atom stereocenters. The number of benzene rings is 1. The molecule has 0 saturated heterocycles. The smallest absolute Gasteiger partial charge is 0.280 e. The molecule has 122 valence electrons. The molecule has 1 aromatic carbocycles. The Morgan fingerprint density at radius 1 is 1.32 bits per heavy atom. The highest BCUT2D eigenvalue weighted by Gasteiger charge is 2.22. The highest BCUT2D eigenvalue weighted by molar-refractivity contribution is 6.33. The van der Waals surface area contributed by atoms with Gasteiger partial charge in [-0.05, 0) is 19.2 Å². The Labute approximate surface area is 134 Å². The third-order valence-corrected chi connectivity index (χ3v) is 3.73. The fourth-order valence-corrected chi connectivity index (χ4v) is 2.16. The van der Waals surface area contributed by atoms with Gasteiger partial charge in [-0.2, -0.15) is 5.01 Å². The standard InChI is InChI=1S/C14H21ClN4O3/c1-4-18(5-2)6-7-19(17-21)14(20)10-8-11(15)12(16)9-13(10)22-3/h8-9H,4-7,16H2,1-3H3. The zero-order valence-corrected chi connectivity index (χ0v) is 13.8. The number of carbonyl (C=O) groups excluding carboxylic acids is 1. The highest BCUT2D eigenvalue weighted by Crippen LogP contribution is 2.29. The second kappa shape index (κ2) is 8.55. The number of halogens is 1. The molecule has 0 radical (unpaired) electrons. The molecule has 1 aromatic rings. The summed E-state index contributed by atoms with van der Waals surface area (Å²) in [6, 6.07) is 2.83. The zero-order chi connectivity index (χ0) is 16.7. The molecule has 1 amide bonds. The molecule has 0 atom stereocenters. The summed E-state index contributed by atoms with van der Waals surface area (Å²) in [6.45, 7) is 6.41. The number of methoxy groups -OCH3 is 1. The summed E-state index contributed by atoms with van der Waals surface area (Å²) < 4.78 is 5.12. The van der Waals surface area contributed by atoms with Crippen LogP contribution in [-0.4, -0.2) is 49.1 Å². The molecule has 7 nitrogen and oxygen atoms in total. The van der Waals surface area contributed by atoms with Gasteiger partial charge in [-0.1, -0.05) is 25.4 Å². The van der Waals surface area contributed by atoms with Crippen molar-refractivity contribution in [2.75, 3.05) is 39.0 Å². The van der Waals surface area contributed by atoms with Crippen LogP contribution in [0.15, 0.2) is 17.4 Å². The summed E-state index contributed by atoms with van der Waals surface area (Å²) in [5.41, 5.74) is 6.13. The number of hydrogen-bond donors (Lipinski definition) is 1. The number of amides is 1. The van der Waals surface area contributed by atoms with Crippen molar-refractivity contribution in [1.82, 2.24) is 9.91 Å². The van der Waals surface area contributed by atoms with E-state index < -0.39 is 5.91 Å². The second-order valence-corrected chi connectivity index (χ2v) is 5.02. The summed E-state index contributed by atoms with van der Waals surface area (Å²) in [5.74, 6) is -0.315. The average Bonchev–Trinajstić information content (AvgIpc) is 2.53. The zero-order valence-electron chi connectivity index (χ0n) is 13.0. The van der Waals surface area contributed by atoms with Crippen LogP contribution in [0.1, 0.15) is 24.2 Å². The molecular weight excluding hydrogens is 308 g/mol. The van der Waals surface area contributed by atoms with E-state index in [1.165, 1.54) is 19.2 Å². The largest absolute Gasteiger partial charge is 0.496 e. The van der Waals surface area contributed by atoms with Gasteiger partial charge in [-0.15, -0.1) is 4.91 Å². The topological polar surface area (TPSA) is 88.2 Å². The van der Waals surface area contributed by atoms with Crippen molar-refractivity contribution in [3.63, 3.8) is 0 Å². The minimum absolute atomic E-state index is 0.154. The summed E-state index contributed by atoms with van der Waals surface area (Å²) in [7, 11) is 1.41. The monoisotopic (exact) mass is 328 g/mol. The summed E-state index contributed by atoms with van der Waals surface area (Å²) in [4.78, 5) is 25.5. The molecule has 0 bridgehead atoms. The first-order chi connectivity index (χ1) is 10.5. The Hall–Kier alpha value is -1.86. The van der Waals surface area contributed by atoms with Crippen LogP contribution in [0.25, 0.3) is 0 Å². The molecule has 0 fully saturated rings. The molecule has 22 heavy (non-hydrogen) atoms. The number of ether oxygens (including phenoxy) is 1. The van der Waals surface area contributed by atoms with Gasteiger partial charge in [-0.3, -0.25) is 4.79 Å². The number of rotatable bonds is 8. The number of anilines is 1. The van der Waals surface area contributed by atoms with Crippen LogP contribution in [0.5, 0.6) is 5.75 Å². The van der Waals surface area contributed by atoms with Gasteiger partial charge in [0.2, 0.25) is 0 Å². The van der Waals surface area contributed by atoms with Crippen molar-refractivity contribution in [2.24, 2.45) is 5.29 Å². The van der Waals surface area contributed by atoms with Crippen molar-refractivity contribution >= 4 is 23.2 Å². The van der Waals surface area contributed by atoms with Crippen molar-refractivity contribution in [2.45, 2.75) is 13.8 Å². The predicted octanol–water partition coefficient (Wildman–Crippen LogP) is 2.40. The molecule has 0 heterocycles. The molecule has 0 spiro atoms. The summed E-state index contributed by atoms with van der Waals surface area (Å²) in [5, 5.41) is 3.89. The highest BCUT2D eigenvalue weighted by atomic mass is 35.5. The molecule has 0 aliphatic heterocycles. The van der Waals surface area contributed by atoms with Crippen molar-refractivity contribution in [1.29, 1.82) is 0 Å².